The summed E-state index contributed by atoms with van der Waals surface area (Å²) in [5, 5.41) is 0. The molecule has 0 aliphatic carbocycles. The summed E-state index contributed by atoms with van der Waals surface area (Å²) in [5.41, 5.74) is 7.76. The quantitative estimate of drug-likeness (QED) is 0.851. The molecule has 1 heterocycles. The van der Waals surface area contributed by atoms with Crippen molar-refractivity contribution in [2.24, 2.45) is 0 Å². The predicted molar refractivity (Wildman–Crippen MR) is 81.8 cm³/mol. The first-order chi connectivity index (χ1) is 9.72. The van der Waals surface area contributed by atoms with Gasteiger partial charge in [-0.3, -0.25) is 0 Å². The Bertz CT molecular complexity index is 628. The van der Waals surface area contributed by atoms with Crippen molar-refractivity contribution in [3.05, 3.63) is 42.0 Å². The number of anilines is 1. The molecule has 0 aromatic heterocycles. The molecule has 20 heavy (non-hydrogen) atoms. The molecular formula is C16H17NO2S. The van der Waals surface area contributed by atoms with E-state index in [4.69, 9.17) is 15.2 Å². The van der Waals surface area contributed by atoms with E-state index >= 15 is 0 Å². The number of hydrogen-bond acceptors (Lipinski definition) is 4. The van der Waals surface area contributed by atoms with Crippen molar-refractivity contribution >= 4 is 17.4 Å². The van der Waals surface area contributed by atoms with Gasteiger partial charge in [-0.2, -0.15) is 0 Å². The van der Waals surface area contributed by atoms with Crippen LogP contribution in [-0.4, -0.2) is 13.2 Å². The molecule has 3 rings (SSSR count). The van der Waals surface area contributed by atoms with Gasteiger partial charge in [-0.1, -0.05) is 11.8 Å². The number of nitrogen functional groups attached to an aromatic ring is 1. The molecule has 2 aromatic rings. The fourth-order valence-corrected chi connectivity index (χ4v) is 3.03. The second-order valence-electron chi connectivity index (χ2n) is 4.79. The molecule has 0 radical (unpaired) electrons. The zero-order chi connectivity index (χ0) is 13.9. The highest BCUT2D eigenvalue weighted by atomic mass is 32.2. The van der Waals surface area contributed by atoms with Crippen molar-refractivity contribution in [2.75, 3.05) is 18.9 Å². The summed E-state index contributed by atoms with van der Waals surface area (Å²) >= 11 is 1.71. The first-order valence-electron chi connectivity index (χ1n) is 6.66. The van der Waals surface area contributed by atoms with Gasteiger partial charge in [0.15, 0.2) is 11.5 Å². The molecular weight excluding hydrogens is 270 g/mol. The molecule has 1 aliphatic rings. The SMILES string of the molecule is Cc1cc(N)ccc1Sc1ccc2c(c1)OCCCO2. The van der Waals surface area contributed by atoms with E-state index in [-0.39, 0.29) is 0 Å². The number of fused-ring (bicyclic) bond motifs is 1. The van der Waals surface area contributed by atoms with E-state index in [1.165, 1.54) is 10.5 Å². The number of nitrogens with two attached hydrogens (primary N) is 1. The first kappa shape index (κ1) is 13.2. The predicted octanol–water partition coefficient (Wildman–Crippen LogP) is 3.89. The van der Waals surface area contributed by atoms with E-state index in [2.05, 4.69) is 19.1 Å². The van der Waals surface area contributed by atoms with Crippen LogP contribution in [0.4, 0.5) is 5.69 Å². The minimum Gasteiger partial charge on any atom is -0.490 e. The van der Waals surface area contributed by atoms with Crippen LogP contribution in [0.3, 0.4) is 0 Å². The van der Waals surface area contributed by atoms with Crippen LogP contribution in [0.5, 0.6) is 11.5 Å². The van der Waals surface area contributed by atoms with Crippen LogP contribution in [0.25, 0.3) is 0 Å². The number of hydrogen-bond donors (Lipinski definition) is 1. The van der Waals surface area contributed by atoms with Crippen molar-refractivity contribution < 1.29 is 9.47 Å². The summed E-state index contributed by atoms with van der Waals surface area (Å²) in [4.78, 5) is 2.34. The summed E-state index contributed by atoms with van der Waals surface area (Å²) in [6.07, 6.45) is 0.925. The fourth-order valence-electron chi connectivity index (χ4n) is 2.12. The molecule has 0 amide bonds. The zero-order valence-electron chi connectivity index (χ0n) is 11.4. The maximum Gasteiger partial charge on any atom is 0.162 e. The Morgan fingerprint density at radius 3 is 2.60 bits per heavy atom. The lowest BCUT2D eigenvalue weighted by atomic mass is 10.2. The van der Waals surface area contributed by atoms with E-state index in [0.717, 1.165) is 35.1 Å². The van der Waals surface area contributed by atoms with Crippen molar-refractivity contribution in [1.82, 2.24) is 0 Å². The van der Waals surface area contributed by atoms with Crippen molar-refractivity contribution in [2.45, 2.75) is 23.1 Å². The van der Waals surface area contributed by atoms with Gasteiger partial charge in [0.05, 0.1) is 13.2 Å². The summed E-state index contributed by atoms with van der Waals surface area (Å²) in [6.45, 7) is 3.50. The normalized spacial score (nSPS) is 13.8. The maximum absolute atomic E-state index is 5.78. The third-order valence-corrected chi connectivity index (χ3v) is 4.31. The Hall–Kier alpha value is -1.81. The molecule has 0 spiro atoms. The Labute approximate surface area is 123 Å². The minimum absolute atomic E-state index is 0.710. The molecule has 0 fully saturated rings. The van der Waals surface area contributed by atoms with Crippen LogP contribution in [0.15, 0.2) is 46.2 Å². The van der Waals surface area contributed by atoms with Crippen LogP contribution in [0.1, 0.15) is 12.0 Å². The lowest BCUT2D eigenvalue weighted by Crippen LogP contribution is -1.97. The van der Waals surface area contributed by atoms with Crippen LogP contribution in [0, 0.1) is 6.92 Å². The Morgan fingerprint density at radius 1 is 1.00 bits per heavy atom. The summed E-state index contributed by atoms with van der Waals surface area (Å²) in [7, 11) is 0. The third kappa shape index (κ3) is 2.85. The van der Waals surface area contributed by atoms with Crippen molar-refractivity contribution in [1.29, 1.82) is 0 Å². The zero-order valence-corrected chi connectivity index (χ0v) is 12.2. The number of ether oxygens (including phenoxy) is 2. The summed E-state index contributed by atoms with van der Waals surface area (Å²) in [5.74, 6) is 1.67. The molecule has 3 nitrogen and oxygen atoms in total. The Balaban J connectivity index is 1.86. The highest BCUT2D eigenvalue weighted by Gasteiger charge is 2.11. The van der Waals surface area contributed by atoms with Gasteiger partial charge in [-0.15, -0.1) is 0 Å². The highest BCUT2D eigenvalue weighted by molar-refractivity contribution is 7.99. The number of benzene rings is 2. The topological polar surface area (TPSA) is 44.5 Å². The monoisotopic (exact) mass is 287 g/mol. The molecule has 2 N–H and O–H groups in total. The molecule has 0 bridgehead atoms. The molecule has 0 atom stereocenters. The molecule has 2 aromatic carbocycles. The highest BCUT2D eigenvalue weighted by Crippen LogP contribution is 2.37. The Kier molecular flexibility index (Phi) is 3.74. The lowest BCUT2D eigenvalue weighted by Gasteiger charge is -2.10. The largest absolute Gasteiger partial charge is 0.490 e. The lowest BCUT2D eigenvalue weighted by molar-refractivity contribution is 0.297. The standard InChI is InChI=1S/C16H17NO2S/c1-11-9-12(17)3-6-16(11)20-13-4-5-14-15(10-13)19-8-2-7-18-14/h3-6,9-10H,2,7-8,17H2,1H3. The van der Waals surface area contributed by atoms with Gasteiger partial charge in [-0.25, -0.2) is 0 Å². The second kappa shape index (κ2) is 5.67. The minimum atomic E-state index is 0.710. The molecule has 0 saturated carbocycles. The second-order valence-corrected chi connectivity index (χ2v) is 5.90. The molecule has 0 unspecified atom stereocenters. The first-order valence-corrected chi connectivity index (χ1v) is 7.48. The Morgan fingerprint density at radius 2 is 1.80 bits per heavy atom. The van der Waals surface area contributed by atoms with Crippen LogP contribution < -0.4 is 15.2 Å². The number of aryl methyl sites for hydroxylation is 1. The fraction of sp³-hybridized carbons (Fsp3) is 0.250. The third-order valence-electron chi connectivity index (χ3n) is 3.15. The summed E-state index contributed by atoms with van der Waals surface area (Å²) in [6, 6.07) is 12.1. The van der Waals surface area contributed by atoms with Crippen molar-refractivity contribution in [3.8, 4) is 11.5 Å². The molecule has 0 saturated heterocycles. The molecule has 104 valence electrons. The van der Waals surface area contributed by atoms with Gasteiger partial charge in [0.25, 0.3) is 0 Å². The van der Waals surface area contributed by atoms with Gasteiger partial charge in [0.1, 0.15) is 0 Å². The van der Waals surface area contributed by atoms with Crippen LogP contribution >= 0.6 is 11.8 Å². The average Bonchev–Trinajstić information content (AvgIpc) is 2.66. The van der Waals surface area contributed by atoms with Gasteiger partial charge >= 0.3 is 0 Å². The smallest absolute Gasteiger partial charge is 0.162 e. The summed E-state index contributed by atoms with van der Waals surface area (Å²) < 4.78 is 11.4. The van der Waals surface area contributed by atoms with Gasteiger partial charge < -0.3 is 15.2 Å². The van der Waals surface area contributed by atoms with Crippen LogP contribution in [0.2, 0.25) is 0 Å². The van der Waals surface area contributed by atoms with E-state index in [1.807, 2.05) is 24.3 Å². The van der Waals surface area contributed by atoms with E-state index in [0.29, 0.717) is 6.61 Å². The maximum atomic E-state index is 5.78. The molecule has 4 heteroatoms. The van der Waals surface area contributed by atoms with E-state index in [9.17, 15) is 0 Å². The van der Waals surface area contributed by atoms with Gasteiger partial charge in [0.2, 0.25) is 0 Å². The average molecular weight is 287 g/mol. The van der Waals surface area contributed by atoms with Crippen molar-refractivity contribution in [3.63, 3.8) is 0 Å². The van der Waals surface area contributed by atoms with Gasteiger partial charge in [0, 0.05) is 21.9 Å². The number of rotatable bonds is 2. The van der Waals surface area contributed by atoms with E-state index in [1.54, 1.807) is 11.8 Å². The molecule has 1 aliphatic heterocycles. The van der Waals surface area contributed by atoms with Crippen LogP contribution in [-0.2, 0) is 0 Å². The van der Waals surface area contributed by atoms with Gasteiger partial charge in [-0.05, 0) is 48.9 Å². The van der Waals surface area contributed by atoms with E-state index < -0.39 is 0 Å².